The smallest absolute Gasteiger partial charge is 0.461 e. The topological polar surface area (TPSA) is 31.6 Å². The van der Waals surface area contributed by atoms with Crippen molar-refractivity contribution in [3.63, 3.8) is 0 Å². The van der Waals surface area contributed by atoms with Gasteiger partial charge in [-0.3, -0.25) is 0 Å². The van der Waals surface area contributed by atoms with E-state index in [0.29, 0.717) is 0 Å². The fourth-order valence-electron chi connectivity index (χ4n) is 2.01. The van der Waals surface area contributed by atoms with Crippen LogP contribution < -0.4 is 9.47 Å². The van der Waals surface area contributed by atoms with Crippen molar-refractivity contribution in [1.29, 1.82) is 0 Å². The largest absolute Gasteiger partial charge is 0.586 e. The van der Waals surface area contributed by atoms with Crippen LogP contribution in [0.25, 0.3) is 11.0 Å². The Morgan fingerprint density at radius 1 is 0.760 bits per heavy atom. The molecule has 0 amide bonds. The van der Waals surface area contributed by atoms with Crippen molar-refractivity contribution in [1.82, 2.24) is 0 Å². The van der Waals surface area contributed by atoms with Gasteiger partial charge in [0.2, 0.25) is 0 Å². The quantitative estimate of drug-likeness (QED) is 0.447. The van der Waals surface area contributed by atoms with Crippen molar-refractivity contribution >= 4 is 11.0 Å². The maximum atomic E-state index is 12.3. The number of hydrogen-bond donors (Lipinski definition) is 0. The van der Waals surface area contributed by atoms with Gasteiger partial charge in [0.05, 0.1) is 0 Å². The fraction of sp³-hybridized carbons (Fsp3) is 0.300. The average molecular weight is 350 g/mol. The van der Waals surface area contributed by atoms with E-state index in [0.717, 1.165) is 11.3 Å². The monoisotopic (exact) mass is 350 g/mol. The first kappa shape index (κ1) is 20.5. The Morgan fingerprint density at radius 2 is 1.24 bits per heavy atom. The first-order valence-electron chi connectivity index (χ1n) is 8.33. The normalized spacial score (nSPS) is 12.8. The standard InChI is InChI=1S/C9H8O.C7H4F2O2.2C2H6/c1-7-6-8-4-2-3-5-9(8)10-7;8-7(9)10-5-3-1-2-4-6(5)11-7;2*1-2/h2-6H,1H3;1-4H;2*1-2H3. The Kier molecular flexibility index (Phi) is 7.92. The number of aryl methyl sites for hydroxylation is 1. The number of benzene rings is 2. The summed E-state index contributed by atoms with van der Waals surface area (Å²) in [6.07, 6.45) is -3.50. The zero-order valence-corrected chi connectivity index (χ0v) is 15.2. The van der Waals surface area contributed by atoms with Crippen LogP contribution in [0.2, 0.25) is 0 Å². The molecule has 0 atom stereocenters. The Morgan fingerprint density at radius 3 is 1.76 bits per heavy atom. The first-order chi connectivity index (χ1) is 12.0. The lowest BCUT2D eigenvalue weighted by molar-refractivity contribution is -0.286. The molecule has 25 heavy (non-hydrogen) atoms. The Labute approximate surface area is 147 Å². The number of rotatable bonds is 0. The van der Waals surface area contributed by atoms with E-state index >= 15 is 0 Å². The summed E-state index contributed by atoms with van der Waals surface area (Å²) < 4.78 is 38.2. The first-order valence-corrected chi connectivity index (χ1v) is 8.33. The summed E-state index contributed by atoms with van der Waals surface area (Å²) in [6, 6.07) is 16.1. The van der Waals surface area contributed by atoms with Gasteiger partial charge in [-0.25, -0.2) is 0 Å². The van der Waals surface area contributed by atoms with Crippen molar-refractivity contribution in [3.8, 4) is 11.5 Å². The lowest BCUT2D eigenvalue weighted by Gasteiger charge is -2.04. The highest BCUT2D eigenvalue weighted by molar-refractivity contribution is 5.77. The lowest BCUT2D eigenvalue weighted by Crippen LogP contribution is -2.25. The molecule has 4 rings (SSSR count). The summed E-state index contributed by atoms with van der Waals surface area (Å²) in [7, 11) is 0. The summed E-state index contributed by atoms with van der Waals surface area (Å²) >= 11 is 0. The van der Waals surface area contributed by atoms with E-state index in [2.05, 4.69) is 9.47 Å². The molecule has 3 nitrogen and oxygen atoms in total. The fourth-order valence-corrected chi connectivity index (χ4v) is 2.01. The van der Waals surface area contributed by atoms with Gasteiger partial charge in [0.25, 0.3) is 0 Å². The van der Waals surface area contributed by atoms with Crippen LogP contribution in [0.4, 0.5) is 8.78 Å². The minimum absolute atomic E-state index is 0.0810. The maximum absolute atomic E-state index is 12.3. The van der Waals surface area contributed by atoms with E-state index in [1.165, 1.54) is 17.5 Å². The van der Waals surface area contributed by atoms with E-state index < -0.39 is 6.29 Å². The van der Waals surface area contributed by atoms with Crippen LogP contribution in [0.5, 0.6) is 11.5 Å². The number of halogens is 2. The van der Waals surface area contributed by atoms with E-state index in [1.807, 2.05) is 65.0 Å². The average Bonchev–Trinajstić information content (AvgIpc) is 3.15. The Balaban J connectivity index is 0.000000210. The molecular formula is C20H24F2O3. The molecule has 1 aliphatic heterocycles. The van der Waals surface area contributed by atoms with E-state index in [-0.39, 0.29) is 11.5 Å². The Hall–Kier alpha value is -2.56. The van der Waals surface area contributed by atoms with Gasteiger partial charge in [0, 0.05) is 5.39 Å². The molecule has 0 N–H and O–H groups in total. The van der Waals surface area contributed by atoms with Gasteiger partial charge >= 0.3 is 6.29 Å². The second-order valence-electron chi connectivity index (χ2n) is 4.51. The van der Waals surface area contributed by atoms with Crippen molar-refractivity contribution < 1.29 is 22.7 Å². The third-order valence-electron chi connectivity index (χ3n) is 2.86. The zero-order valence-electron chi connectivity index (χ0n) is 15.2. The minimum Gasteiger partial charge on any atom is -0.461 e. The van der Waals surface area contributed by atoms with Crippen LogP contribution in [0.1, 0.15) is 33.5 Å². The molecule has 1 aromatic heterocycles. The molecule has 0 fully saturated rings. The van der Waals surface area contributed by atoms with Gasteiger partial charge in [0.15, 0.2) is 11.5 Å². The molecule has 0 saturated carbocycles. The van der Waals surface area contributed by atoms with Crippen LogP contribution in [0.15, 0.2) is 59.0 Å². The molecule has 0 aliphatic carbocycles. The highest BCUT2D eigenvalue weighted by Gasteiger charge is 2.42. The van der Waals surface area contributed by atoms with Crippen LogP contribution in [-0.4, -0.2) is 6.29 Å². The van der Waals surface area contributed by atoms with Crippen molar-refractivity contribution in [2.45, 2.75) is 40.9 Å². The van der Waals surface area contributed by atoms with Crippen molar-refractivity contribution in [2.75, 3.05) is 0 Å². The van der Waals surface area contributed by atoms with Crippen molar-refractivity contribution in [3.05, 3.63) is 60.4 Å². The molecule has 0 saturated heterocycles. The number of fused-ring (bicyclic) bond motifs is 2. The maximum Gasteiger partial charge on any atom is 0.586 e. The van der Waals surface area contributed by atoms with Gasteiger partial charge < -0.3 is 13.9 Å². The van der Waals surface area contributed by atoms with Gasteiger partial charge in [-0.05, 0) is 31.2 Å². The molecule has 0 unspecified atom stereocenters. The number of furan rings is 1. The number of ether oxygens (including phenoxy) is 2. The lowest BCUT2D eigenvalue weighted by atomic mass is 10.2. The van der Waals surface area contributed by atoms with E-state index in [4.69, 9.17) is 4.42 Å². The van der Waals surface area contributed by atoms with Crippen molar-refractivity contribution in [2.24, 2.45) is 0 Å². The minimum atomic E-state index is -3.50. The van der Waals surface area contributed by atoms with Gasteiger partial charge in [0.1, 0.15) is 11.3 Å². The van der Waals surface area contributed by atoms with E-state index in [9.17, 15) is 8.78 Å². The predicted octanol–water partition coefficient (Wildman–Crippen LogP) is 6.80. The van der Waals surface area contributed by atoms with Crippen LogP contribution in [0.3, 0.4) is 0 Å². The van der Waals surface area contributed by atoms with Gasteiger partial charge in [-0.2, -0.15) is 0 Å². The second-order valence-corrected chi connectivity index (χ2v) is 4.51. The molecule has 0 bridgehead atoms. The molecule has 3 aromatic rings. The molecule has 0 radical (unpaired) electrons. The van der Waals surface area contributed by atoms with Crippen LogP contribution in [-0.2, 0) is 0 Å². The third-order valence-corrected chi connectivity index (χ3v) is 2.86. The predicted molar refractivity (Wildman–Crippen MR) is 96.3 cm³/mol. The second kappa shape index (κ2) is 9.67. The molecule has 0 spiro atoms. The van der Waals surface area contributed by atoms with Crippen LogP contribution in [0, 0.1) is 6.92 Å². The summed E-state index contributed by atoms with van der Waals surface area (Å²) in [5.74, 6) is 1.14. The van der Waals surface area contributed by atoms with Crippen LogP contribution >= 0.6 is 0 Å². The molecule has 5 heteroatoms. The molecular weight excluding hydrogens is 326 g/mol. The highest BCUT2D eigenvalue weighted by Crippen LogP contribution is 2.39. The van der Waals surface area contributed by atoms with E-state index in [1.54, 1.807) is 12.1 Å². The SMILES string of the molecule is CC.CC.Cc1cc2ccccc2o1.FC1(F)Oc2ccccc2O1. The summed E-state index contributed by atoms with van der Waals surface area (Å²) in [6.45, 7) is 9.96. The molecule has 2 heterocycles. The summed E-state index contributed by atoms with van der Waals surface area (Å²) in [5.41, 5.74) is 0.972. The number of para-hydroxylation sites is 3. The van der Waals surface area contributed by atoms with Gasteiger partial charge in [-0.1, -0.05) is 58.0 Å². The number of hydrogen-bond acceptors (Lipinski definition) is 3. The van der Waals surface area contributed by atoms with Gasteiger partial charge in [-0.15, -0.1) is 8.78 Å². The number of alkyl halides is 2. The molecule has 2 aromatic carbocycles. The summed E-state index contributed by atoms with van der Waals surface area (Å²) in [4.78, 5) is 0. The summed E-state index contributed by atoms with van der Waals surface area (Å²) in [5, 5.41) is 1.18. The molecule has 136 valence electrons. The molecule has 1 aliphatic rings. The Bertz CT molecular complexity index is 706. The zero-order chi connectivity index (χ0) is 18.9. The highest BCUT2D eigenvalue weighted by atomic mass is 19.3. The third kappa shape index (κ3) is 5.78.